The molecule has 5 aromatic rings. The van der Waals surface area contributed by atoms with Gasteiger partial charge in [0.2, 0.25) is 11.1 Å². The number of aromatic nitrogens is 7. The van der Waals surface area contributed by atoms with E-state index in [0.717, 1.165) is 27.3 Å². The van der Waals surface area contributed by atoms with Gasteiger partial charge in [0, 0.05) is 11.8 Å². The van der Waals surface area contributed by atoms with Gasteiger partial charge < -0.3 is 4.74 Å². The molecule has 0 saturated heterocycles. The van der Waals surface area contributed by atoms with Crippen LogP contribution >= 0.6 is 11.3 Å². The maximum Gasteiger partial charge on any atom is 0.229 e. The average Bonchev–Trinajstić information content (AvgIpc) is 3.39. The highest BCUT2D eigenvalue weighted by atomic mass is 32.1. The first-order valence-corrected chi connectivity index (χ1v) is 10.5. The quantitative estimate of drug-likeness (QED) is 0.416. The highest BCUT2D eigenvalue weighted by molar-refractivity contribution is 7.15. The lowest BCUT2D eigenvalue weighted by Crippen LogP contribution is -2.02. The number of methoxy groups -OCH3 is 1. The van der Waals surface area contributed by atoms with E-state index in [4.69, 9.17) is 4.74 Å². The van der Waals surface area contributed by atoms with Crippen molar-refractivity contribution in [3.8, 4) is 17.0 Å². The summed E-state index contributed by atoms with van der Waals surface area (Å²) in [7, 11) is 1.44. The van der Waals surface area contributed by atoms with Crippen molar-refractivity contribution in [3.05, 3.63) is 65.0 Å². The van der Waals surface area contributed by atoms with Crippen molar-refractivity contribution < 1.29 is 9.13 Å². The highest BCUT2D eigenvalue weighted by Gasteiger charge is 2.11. The zero-order valence-corrected chi connectivity index (χ0v) is 18.0. The van der Waals surface area contributed by atoms with Gasteiger partial charge in [-0.05, 0) is 42.8 Å². The average molecular weight is 448 g/mol. The normalized spacial score (nSPS) is 11.1. The fourth-order valence-corrected chi connectivity index (χ4v) is 3.84. The molecule has 2 aromatic carbocycles. The van der Waals surface area contributed by atoms with Gasteiger partial charge in [-0.3, -0.25) is 5.32 Å². The molecule has 0 unspecified atom stereocenters. The predicted molar refractivity (Wildman–Crippen MR) is 119 cm³/mol. The molecule has 11 heteroatoms. The number of nitrogens with zero attached hydrogens (tertiary/aromatic N) is 7. The molecule has 0 spiro atoms. The van der Waals surface area contributed by atoms with E-state index in [1.807, 2.05) is 31.2 Å². The lowest BCUT2D eigenvalue weighted by Gasteiger charge is -2.07. The number of halogens is 1. The van der Waals surface area contributed by atoms with Crippen molar-refractivity contribution in [2.75, 3.05) is 12.4 Å². The van der Waals surface area contributed by atoms with Gasteiger partial charge in [-0.2, -0.15) is 0 Å². The molecule has 9 nitrogen and oxygen atoms in total. The molecule has 0 saturated carbocycles. The van der Waals surface area contributed by atoms with Crippen LogP contribution < -0.4 is 10.1 Å². The first kappa shape index (κ1) is 19.9. The number of anilines is 2. The van der Waals surface area contributed by atoms with Crippen molar-refractivity contribution in [3.63, 3.8) is 0 Å². The fourth-order valence-electron chi connectivity index (χ4n) is 3.25. The summed E-state index contributed by atoms with van der Waals surface area (Å²) in [6.07, 6.45) is 1.68. The van der Waals surface area contributed by atoms with E-state index >= 15 is 0 Å². The van der Waals surface area contributed by atoms with Gasteiger partial charge in [0.25, 0.3) is 0 Å². The van der Waals surface area contributed by atoms with Gasteiger partial charge in [0.05, 0.1) is 24.9 Å². The van der Waals surface area contributed by atoms with Crippen molar-refractivity contribution >= 4 is 33.5 Å². The van der Waals surface area contributed by atoms with Gasteiger partial charge in [-0.1, -0.05) is 28.7 Å². The van der Waals surface area contributed by atoms with Crippen molar-refractivity contribution in [2.45, 2.75) is 13.5 Å². The second kappa shape index (κ2) is 8.27. The van der Waals surface area contributed by atoms with Gasteiger partial charge in [-0.15, -0.1) is 15.3 Å². The minimum Gasteiger partial charge on any atom is -0.494 e. The Morgan fingerprint density at radius 2 is 2.00 bits per heavy atom. The van der Waals surface area contributed by atoms with Crippen LogP contribution in [0.4, 0.5) is 15.5 Å². The molecule has 0 fully saturated rings. The number of benzene rings is 2. The van der Waals surface area contributed by atoms with Crippen LogP contribution in [-0.4, -0.2) is 42.3 Å². The summed E-state index contributed by atoms with van der Waals surface area (Å²) in [5, 5.41) is 21.1. The first-order chi connectivity index (χ1) is 15.6. The van der Waals surface area contributed by atoms with E-state index in [2.05, 4.69) is 35.8 Å². The topological polar surface area (TPSA) is 104 Å². The first-order valence-electron chi connectivity index (χ1n) is 9.65. The molecule has 3 aromatic heterocycles. The zero-order chi connectivity index (χ0) is 22.1. The minimum atomic E-state index is -0.409. The van der Waals surface area contributed by atoms with Crippen LogP contribution in [0.1, 0.15) is 10.6 Å². The maximum atomic E-state index is 14.0. The third-order valence-corrected chi connectivity index (χ3v) is 5.51. The van der Waals surface area contributed by atoms with E-state index in [9.17, 15) is 4.39 Å². The summed E-state index contributed by atoms with van der Waals surface area (Å²) in [5.41, 5.74) is 3.92. The molecule has 0 aliphatic heterocycles. The third kappa shape index (κ3) is 3.97. The zero-order valence-electron chi connectivity index (χ0n) is 17.2. The van der Waals surface area contributed by atoms with Crippen LogP contribution in [0.3, 0.4) is 0 Å². The molecule has 0 bridgehead atoms. The monoisotopic (exact) mass is 448 g/mol. The van der Waals surface area contributed by atoms with E-state index in [0.29, 0.717) is 23.1 Å². The summed E-state index contributed by atoms with van der Waals surface area (Å²) >= 11 is 1.43. The van der Waals surface area contributed by atoms with Crippen molar-refractivity contribution in [2.24, 2.45) is 0 Å². The molecule has 3 heterocycles. The van der Waals surface area contributed by atoms with Gasteiger partial charge in [0.15, 0.2) is 11.6 Å². The van der Waals surface area contributed by atoms with Crippen LogP contribution in [0.2, 0.25) is 0 Å². The van der Waals surface area contributed by atoms with E-state index in [1.165, 1.54) is 24.5 Å². The predicted octanol–water partition coefficient (Wildman–Crippen LogP) is 3.99. The Kier molecular flexibility index (Phi) is 5.15. The van der Waals surface area contributed by atoms with Crippen molar-refractivity contribution in [1.82, 2.24) is 35.2 Å². The maximum absolute atomic E-state index is 14.0. The van der Waals surface area contributed by atoms with Crippen LogP contribution in [0.25, 0.3) is 22.3 Å². The Morgan fingerprint density at radius 1 is 1.09 bits per heavy atom. The van der Waals surface area contributed by atoms with Crippen LogP contribution in [-0.2, 0) is 6.54 Å². The Hall–Kier alpha value is -3.99. The molecule has 5 rings (SSSR count). The summed E-state index contributed by atoms with van der Waals surface area (Å²) in [6, 6.07) is 12.4. The Labute approximate surface area is 185 Å². The van der Waals surface area contributed by atoms with Crippen LogP contribution in [0.5, 0.6) is 5.75 Å². The minimum absolute atomic E-state index is 0.210. The Bertz CT molecular complexity index is 1420. The van der Waals surface area contributed by atoms with E-state index < -0.39 is 5.82 Å². The standard InChI is InChI=1S/C21H17FN8OS/c1-12-26-28-21(32-12)25-20-23-8-7-16(24-20)14-4-5-18-17(10-14)27-29-30(18)11-13-3-6-19(31-2)15(22)9-13/h3-10H,11H2,1-2H3,(H,23,24,25,28). The molecule has 32 heavy (non-hydrogen) atoms. The summed E-state index contributed by atoms with van der Waals surface area (Å²) < 4.78 is 20.7. The second-order valence-corrected chi connectivity index (χ2v) is 8.12. The fraction of sp³-hybridized carbons (Fsp3) is 0.143. The Balaban J connectivity index is 1.40. The summed E-state index contributed by atoms with van der Waals surface area (Å²) in [5.74, 6) is 0.235. The SMILES string of the molecule is COc1ccc(Cn2nnc3cc(-c4ccnc(Nc5nnc(C)s5)n4)ccc32)cc1F. The van der Waals surface area contributed by atoms with Crippen LogP contribution in [0.15, 0.2) is 48.7 Å². The molecule has 0 atom stereocenters. The molecular weight excluding hydrogens is 431 g/mol. The van der Waals surface area contributed by atoms with Gasteiger partial charge >= 0.3 is 0 Å². The summed E-state index contributed by atoms with van der Waals surface area (Å²) in [4.78, 5) is 8.81. The van der Waals surface area contributed by atoms with E-state index in [1.54, 1.807) is 23.0 Å². The molecular formula is C21H17FN8OS. The highest BCUT2D eigenvalue weighted by Crippen LogP contribution is 2.25. The molecule has 0 radical (unpaired) electrons. The summed E-state index contributed by atoms with van der Waals surface area (Å²) in [6.45, 7) is 2.27. The lowest BCUT2D eigenvalue weighted by molar-refractivity contribution is 0.386. The number of ether oxygens (including phenoxy) is 1. The van der Waals surface area contributed by atoms with Crippen LogP contribution in [0, 0.1) is 12.7 Å². The third-order valence-electron chi connectivity index (χ3n) is 4.76. The number of fused-ring (bicyclic) bond motifs is 1. The molecule has 160 valence electrons. The molecule has 1 N–H and O–H groups in total. The Morgan fingerprint density at radius 3 is 2.78 bits per heavy atom. The second-order valence-electron chi connectivity index (χ2n) is 6.94. The largest absolute Gasteiger partial charge is 0.494 e. The van der Waals surface area contributed by atoms with Gasteiger partial charge in [-0.25, -0.2) is 19.0 Å². The molecule has 0 amide bonds. The van der Waals surface area contributed by atoms with Gasteiger partial charge in [0.1, 0.15) is 10.5 Å². The smallest absolute Gasteiger partial charge is 0.229 e. The number of aryl methyl sites for hydroxylation is 1. The number of hydrogen-bond acceptors (Lipinski definition) is 9. The number of nitrogens with one attached hydrogen (secondary N) is 1. The molecule has 0 aliphatic rings. The van der Waals surface area contributed by atoms with Crippen molar-refractivity contribution in [1.29, 1.82) is 0 Å². The molecule has 0 aliphatic carbocycles. The number of rotatable bonds is 6. The van der Waals surface area contributed by atoms with E-state index in [-0.39, 0.29) is 5.75 Å². The number of hydrogen-bond donors (Lipinski definition) is 1. The lowest BCUT2D eigenvalue weighted by atomic mass is 10.1.